The molecule has 0 aliphatic carbocycles. The van der Waals surface area contributed by atoms with Gasteiger partial charge in [0.2, 0.25) is 5.91 Å². The van der Waals surface area contributed by atoms with Gasteiger partial charge in [0.05, 0.1) is 12.0 Å². The maximum absolute atomic E-state index is 11.8. The first-order valence-electron chi connectivity index (χ1n) is 6.74. The van der Waals surface area contributed by atoms with Gasteiger partial charge in [0.1, 0.15) is 0 Å². The van der Waals surface area contributed by atoms with E-state index in [9.17, 15) is 4.79 Å². The predicted octanol–water partition coefficient (Wildman–Crippen LogP) is 1.51. The molecule has 3 N–H and O–H groups in total. The first-order chi connectivity index (χ1) is 9.22. The molecule has 102 valence electrons. The SMILES string of the molecule is NCc1c(Cl)cccc1N1CCCC2C(=O)NCC21. The average Bonchev–Trinajstić information content (AvgIpc) is 2.80. The van der Waals surface area contributed by atoms with Gasteiger partial charge in [0.15, 0.2) is 0 Å². The number of benzene rings is 1. The number of nitrogens with two attached hydrogens (primary N) is 1. The zero-order chi connectivity index (χ0) is 13.4. The number of carbonyl (C=O) groups excluding carboxylic acids is 1. The first kappa shape index (κ1) is 12.8. The molecule has 2 unspecified atom stereocenters. The molecule has 19 heavy (non-hydrogen) atoms. The summed E-state index contributed by atoms with van der Waals surface area (Å²) in [4.78, 5) is 14.1. The molecule has 2 saturated heterocycles. The largest absolute Gasteiger partial charge is 0.366 e. The molecule has 4 nitrogen and oxygen atoms in total. The summed E-state index contributed by atoms with van der Waals surface area (Å²) in [7, 11) is 0. The molecule has 0 radical (unpaired) electrons. The number of fused-ring (bicyclic) bond motifs is 1. The van der Waals surface area contributed by atoms with Crippen LogP contribution in [0.2, 0.25) is 5.02 Å². The van der Waals surface area contributed by atoms with E-state index in [0.29, 0.717) is 11.6 Å². The highest BCUT2D eigenvalue weighted by Gasteiger charge is 2.41. The molecule has 1 aromatic carbocycles. The smallest absolute Gasteiger partial charge is 0.225 e. The highest BCUT2D eigenvalue weighted by Crippen LogP contribution is 2.35. The minimum absolute atomic E-state index is 0.110. The van der Waals surface area contributed by atoms with E-state index in [1.54, 1.807) is 0 Å². The predicted molar refractivity (Wildman–Crippen MR) is 76.2 cm³/mol. The Labute approximate surface area is 117 Å². The summed E-state index contributed by atoms with van der Waals surface area (Å²) in [5.41, 5.74) is 7.89. The number of anilines is 1. The van der Waals surface area contributed by atoms with Crippen molar-refractivity contribution in [1.29, 1.82) is 0 Å². The Bertz CT molecular complexity index is 505. The van der Waals surface area contributed by atoms with Crippen LogP contribution in [0, 0.1) is 5.92 Å². The van der Waals surface area contributed by atoms with Crippen LogP contribution in [0.25, 0.3) is 0 Å². The van der Waals surface area contributed by atoms with Crippen LogP contribution in [0.1, 0.15) is 18.4 Å². The minimum Gasteiger partial charge on any atom is -0.366 e. The first-order valence-corrected chi connectivity index (χ1v) is 7.12. The van der Waals surface area contributed by atoms with E-state index in [4.69, 9.17) is 17.3 Å². The maximum atomic E-state index is 11.8. The summed E-state index contributed by atoms with van der Waals surface area (Å²) in [6, 6.07) is 6.11. The number of hydrogen-bond donors (Lipinski definition) is 2. The van der Waals surface area contributed by atoms with Crippen molar-refractivity contribution in [3.63, 3.8) is 0 Å². The van der Waals surface area contributed by atoms with Crippen LogP contribution in [0.3, 0.4) is 0 Å². The Hall–Kier alpha value is -1.26. The number of rotatable bonds is 2. The molecule has 2 aliphatic rings. The molecule has 0 aromatic heterocycles. The molecule has 2 heterocycles. The molecule has 3 rings (SSSR count). The second-order valence-corrected chi connectivity index (χ2v) is 5.60. The lowest BCUT2D eigenvalue weighted by molar-refractivity contribution is -0.122. The van der Waals surface area contributed by atoms with Crippen molar-refractivity contribution in [2.45, 2.75) is 25.4 Å². The van der Waals surface area contributed by atoms with E-state index in [1.807, 2.05) is 12.1 Å². The molecular formula is C14H18ClN3O. The van der Waals surface area contributed by atoms with E-state index in [0.717, 1.165) is 37.2 Å². The Balaban J connectivity index is 1.97. The van der Waals surface area contributed by atoms with Crippen LogP contribution in [-0.4, -0.2) is 25.0 Å². The quantitative estimate of drug-likeness (QED) is 0.863. The molecule has 0 bridgehead atoms. The van der Waals surface area contributed by atoms with Crippen molar-refractivity contribution in [3.8, 4) is 0 Å². The summed E-state index contributed by atoms with van der Waals surface area (Å²) < 4.78 is 0. The molecule has 2 fully saturated rings. The number of nitrogens with zero attached hydrogens (tertiary/aromatic N) is 1. The number of hydrogen-bond acceptors (Lipinski definition) is 3. The molecule has 5 heteroatoms. The van der Waals surface area contributed by atoms with Gasteiger partial charge in [0, 0.05) is 35.9 Å². The van der Waals surface area contributed by atoms with E-state index in [-0.39, 0.29) is 17.9 Å². The molecule has 1 amide bonds. The molecule has 0 saturated carbocycles. The second kappa shape index (κ2) is 5.02. The normalized spacial score (nSPS) is 26.2. The highest BCUT2D eigenvalue weighted by molar-refractivity contribution is 6.31. The molecule has 2 atom stereocenters. The summed E-state index contributed by atoms with van der Waals surface area (Å²) in [5, 5.41) is 3.68. The topological polar surface area (TPSA) is 58.4 Å². The van der Waals surface area contributed by atoms with Gasteiger partial charge in [-0.3, -0.25) is 4.79 Å². The Kier molecular flexibility index (Phi) is 3.37. The highest BCUT2D eigenvalue weighted by atomic mass is 35.5. The standard InChI is InChI=1S/C14H18ClN3O/c15-11-4-1-5-12(10(11)7-16)18-6-2-3-9-13(18)8-17-14(9)19/h1,4-5,9,13H,2-3,6-8,16H2,(H,17,19). The van der Waals surface area contributed by atoms with Crippen molar-refractivity contribution in [3.05, 3.63) is 28.8 Å². The number of halogens is 1. The lowest BCUT2D eigenvalue weighted by atomic mass is 9.90. The van der Waals surface area contributed by atoms with Gasteiger partial charge in [0.25, 0.3) is 0 Å². The van der Waals surface area contributed by atoms with Crippen LogP contribution in [-0.2, 0) is 11.3 Å². The van der Waals surface area contributed by atoms with Crippen molar-refractivity contribution in [1.82, 2.24) is 5.32 Å². The summed E-state index contributed by atoms with van der Waals surface area (Å²) in [5.74, 6) is 0.296. The number of amides is 1. The van der Waals surface area contributed by atoms with Gasteiger partial charge >= 0.3 is 0 Å². The van der Waals surface area contributed by atoms with Crippen LogP contribution < -0.4 is 16.0 Å². The number of nitrogens with one attached hydrogen (secondary N) is 1. The van der Waals surface area contributed by atoms with E-state index in [2.05, 4.69) is 16.3 Å². The Morgan fingerprint density at radius 1 is 1.47 bits per heavy atom. The third kappa shape index (κ3) is 2.09. The van der Waals surface area contributed by atoms with Gasteiger partial charge in [-0.15, -0.1) is 0 Å². The van der Waals surface area contributed by atoms with Crippen molar-refractivity contribution in [2.75, 3.05) is 18.0 Å². The number of piperidine rings is 1. The third-order valence-corrected chi connectivity index (χ3v) is 4.56. The summed E-state index contributed by atoms with van der Waals surface area (Å²) in [6.07, 6.45) is 2.01. The van der Waals surface area contributed by atoms with Gasteiger partial charge in [-0.05, 0) is 25.0 Å². The van der Waals surface area contributed by atoms with E-state index in [1.165, 1.54) is 0 Å². The van der Waals surface area contributed by atoms with Crippen LogP contribution in [0.5, 0.6) is 0 Å². The zero-order valence-corrected chi connectivity index (χ0v) is 11.5. The maximum Gasteiger partial charge on any atom is 0.225 e. The second-order valence-electron chi connectivity index (χ2n) is 5.20. The lowest BCUT2D eigenvalue weighted by Gasteiger charge is -2.38. The third-order valence-electron chi connectivity index (χ3n) is 4.21. The molecular weight excluding hydrogens is 262 g/mol. The Morgan fingerprint density at radius 2 is 2.32 bits per heavy atom. The van der Waals surface area contributed by atoms with Crippen LogP contribution in [0.4, 0.5) is 5.69 Å². The van der Waals surface area contributed by atoms with Crippen molar-refractivity contribution in [2.24, 2.45) is 11.7 Å². The lowest BCUT2D eigenvalue weighted by Crippen LogP contribution is -2.46. The van der Waals surface area contributed by atoms with E-state index >= 15 is 0 Å². The average molecular weight is 280 g/mol. The summed E-state index contributed by atoms with van der Waals surface area (Å²) >= 11 is 6.23. The minimum atomic E-state index is 0.110. The molecule has 0 spiro atoms. The van der Waals surface area contributed by atoms with Crippen molar-refractivity contribution >= 4 is 23.2 Å². The molecule has 1 aromatic rings. The molecule has 2 aliphatic heterocycles. The van der Waals surface area contributed by atoms with Gasteiger partial charge in [-0.1, -0.05) is 17.7 Å². The van der Waals surface area contributed by atoms with Gasteiger partial charge < -0.3 is 16.0 Å². The van der Waals surface area contributed by atoms with Crippen LogP contribution >= 0.6 is 11.6 Å². The van der Waals surface area contributed by atoms with Gasteiger partial charge in [-0.2, -0.15) is 0 Å². The fraction of sp³-hybridized carbons (Fsp3) is 0.500. The van der Waals surface area contributed by atoms with Crippen molar-refractivity contribution < 1.29 is 4.79 Å². The summed E-state index contributed by atoms with van der Waals surface area (Å²) in [6.45, 7) is 2.10. The van der Waals surface area contributed by atoms with Gasteiger partial charge in [-0.25, -0.2) is 0 Å². The Morgan fingerprint density at radius 3 is 3.11 bits per heavy atom. The van der Waals surface area contributed by atoms with Crippen LogP contribution in [0.15, 0.2) is 18.2 Å². The fourth-order valence-electron chi connectivity index (χ4n) is 3.27. The van der Waals surface area contributed by atoms with E-state index < -0.39 is 0 Å². The fourth-order valence-corrected chi connectivity index (χ4v) is 3.52. The zero-order valence-electron chi connectivity index (χ0n) is 10.7. The number of carbonyl (C=O) groups is 1. The monoisotopic (exact) mass is 279 g/mol.